The molecule has 4 nitrogen and oxygen atoms in total. The van der Waals surface area contributed by atoms with Crippen molar-refractivity contribution in [3.8, 4) is 11.5 Å². The molecule has 1 amide bonds. The number of ether oxygens (including phenoxy) is 2. The summed E-state index contributed by atoms with van der Waals surface area (Å²) < 4.78 is 24.9. The minimum absolute atomic E-state index is 0.0213. The lowest BCUT2D eigenvalue weighted by atomic mass is 10.2. The predicted molar refractivity (Wildman–Crippen MR) is 86.4 cm³/mol. The molecule has 3 rings (SSSR count). The number of fused-ring (bicyclic) bond motifs is 1. The fourth-order valence-corrected chi connectivity index (χ4v) is 2.63. The van der Waals surface area contributed by atoms with Gasteiger partial charge in [0.25, 0.3) is 5.91 Å². The van der Waals surface area contributed by atoms with E-state index in [1.54, 1.807) is 12.1 Å². The molecule has 2 aromatic carbocycles. The van der Waals surface area contributed by atoms with Crippen LogP contribution in [-0.4, -0.2) is 19.1 Å². The number of rotatable bonds is 2. The largest absolute Gasteiger partial charge is 0.490 e. The number of hydrogen-bond donors (Lipinski definition) is 1. The van der Waals surface area contributed by atoms with Crippen molar-refractivity contribution in [3.05, 3.63) is 51.8 Å². The van der Waals surface area contributed by atoms with Gasteiger partial charge in [0, 0.05) is 18.6 Å². The van der Waals surface area contributed by atoms with Gasteiger partial charge in [0.2, 0.25) is 0 Å². The Morgan fingerprint density at radius 1 is 1.09 bits per heavy atom. The number of halogens is 3. The Labute approximate surface area is 142 Å². The summed E-state index contributed by atoms with van der Waals surface area (Å²) >= 11 is 12.0. The van der Waals surface area contributed by atoms with Crippen LogP contribution in [0.25, 0.3) is 0 Å². The van der Waals surface area contributed by atoms with E-state index in [-0.39, 0.29) is 15.6 Å². The van der Waals surface area contributed by atoms with Crippen LogP contribution in [0.15, 0.2) is 30.3 Å². The van der Waals surface area contributed by atoms with Crippen LogP contribution in [0, 0.1) is 5.82 Å². The molecule has 0 aromatic heterocycles. The average Bonchev–Trinajstić information content (AvgIpc) is 2.72. The van der Waals surface area contributed by atoms with Gasteiger partial charge >= 0.3 is 0 Å². The number of hydrogen-bond acceptors (Lipinski definition) is 3. The van der Waals surface area contributed by atoms with E-state index < -0.39 is 11.7 Å². The predicted octanol–water partition coefficient (Wildman–Crippen LogP) is 4.55. The van der Waals surface area contributed by atoms with E-state index >= 15 is 0 Å². The topological polar surface area (TPSA) is 47.6 Å². The second kappa shape index (κ2) is 6.64. The molecule has 0 saturated carbocycles. The molecular formula is C16H12Cl2FNO3. The molecule has 1 heterocycles. The maximum Gasteiger partial charge on any atom is 0.260 e. The molecule has 0 bridgehead atoms. The van der Waals surface area contributed by atoms with Crippen LogP contribution in [-0.2, 0) is 0 Å². The third-order valence-corrected chi connectivity index (χ3v) is 3.90. The van der Waals surface area contributed by atoms with Gasteiger partial charge in [-0.2, -0.15) is 0 Å². The normalized spacial score (nSPS) is 13.3. The molecule has 0 unspecified atom stereocenters. The van der Waals surface area contributed by atoms with Gasteiger partial charge in [0.1, 0.15) is 5.82 Å². The summed E-state index contributed by atoms with van der Waals surface area (Å²) in [5.41, 5.74) is 0.0533. The number of anilines is 1. The Kier molecular flexibility index (Phi) is 4.59. The monoisotopic (exact) mass is 355 g/mol. The molecule has 1 aliphatic rings. The Morgan fingerprint density at radius 3 is 2.48 bits per heavy atom. The third-order valence-electron chi connectivity index (χ3n) is 3.28. The molecule has 0 atom stereocenters. The number of carbonyl (C=O) groups excluding carboxylic acids is 1. The van der Waals surface area contributed by atoms with Gasteiger partial charge in [-0.15, -0.1) is 0 Å². The summed E-state index contributed by atoms with van der Waals surface area (Å²) in [5, 5.41) is 2.83. The highest BCUT2D eigenvalue weighted by atomic mass is 35.5. The molecule has 120 valence electrons. The molecule has 0 saturated heterocycles. The van der Waals surface area contributed by atoms with E-state index in [9.17, 15) is 9.18 Å². The highest BCUT2D eigenvalue weighted by molar-refractivity contribution is 6.36. The van der Waals surface area contributed by atoms with Crippen molar-refractivity contribution in [1.29, 1.82) is 0 Å². The molecule has 0 fully saturated rings. The van der Waals surface area contributed by atoms with Crippen LogP contribution < -0.4 is 14.8 Å². The van der Waals surface area contributed by atoms with Crippen LogP contribution in [0.3, 0.4) is 0 Å². The van der Waals surface area contributed by atoms with Gasteiger partial charge in [-0.3, -0.25) is 4.79 Å². The van der Waals surface area contributed by atoms with Crippen LogP contribution in [0.1, 0.15) is 16.8 Å². The van der Waals surface area contributed by atoms with Crippen molar-refractivity contribution < 1.29 is 18.7 Å². The molecule has 2 aromatic rings. The van der Waals surface area contributed by atoms with E-state index in [4.69, 9.17) is 32.7 Å². The first-order valence-electron chi connectivity index (χ1n) is 6.91. The van der Waals surface area contributed by atoms with Gasteiger partial charge in [-0.25, -0.2) is 4.39 Å². The van der Waals surface area contributed by atoms with Gasteiger partial charge in [-0.1, -0.05) is 29.3 Å². The molecular weight excluding hydrogens is 344 g/mol. The maximum atomic E-state index is 13.8. The SMILES string of the molecule is O=C(Nc1cc2c(cc1Cl)OCCCO2)c1c(F)cccc1Cl. The van der Waals surface area contributed by atoms with Gasteiger partial charge in [-0.05, 0) is 12.1 Å². The Hall–Kier alpha value is -1.98. The van der Waals surface area contributed by atoms with Crippen molar-refractivity contribution in [2.24, 2.45) is 0 Å². The van der Waals surface area contributed by atoms with Crippen molar-refractivity contribution in [2.45, 2.75) is 6.42 Å². The molecule has 1 N–H and O–H groups in total. The van der Waals surface area contributed by atoms with Crippen LogP contribution in [0.2, 0.25) is 10.0 Å². The zero-order valence-corrected chi connectivity index (χ0v) is 13.4. The van der Waals surface area contributed by atoms with Crippen LogP contribution in [0.4, 0.5) is 10.1 Å². The number of amides is 1. The first-order valence-corrected chi connectivity index (χ1v) is 7.66. The fourth-order valence-electron chi connectivity index (χ4n) is 2.18. The van der Waals surface area contributed by atoms with Gasteiger partial charge in [0.15, 0.2) is 11.5 Å². The van der Waals surface area contributed by atoms with Gasteiger partial charge in [0.05, 0.1) is 34.5 Å². The van der Waals surface area contributed by atoms with Gasteiger partial charge < -0.3 is 14.8 Å². The molecule has 7 heteroatoms. The van der Waals surface area contributed by atoms with Crippen LogP contribution >= 0.6 is 23.2 Å². The Balaban J connectivity index is 1.91. The number of benzene rings is 2. The first kappa shape index (κ1) is 15.9. The summed E-state index contributed by atoms with van der Waals surface area (Å²) in [6.45, 7) is 1.03. The van der Waals surface area contributed by atoms with E-state index in [2.05, 4.69) is 5.32 Å². The first-order chi connectivity index (χ1) is 11.1. The molecule has 23 heavy (non-hydrogen) atoms. The number of carbonyl (C=O) groups is 1. The van der Waals surface area contributed by atoms with E-state index in [1.165, 1.54) is 12.1 Å². The van der Waals surface area contributed by atoms with E-state index in [1.807, 2.05) is 0 Å². The smallest absolute Gasteiger partial charge is 0.260 e. The zero-order valence-electron chi connectivity index (χ0n) is 11.9. The second-order valence-electron chi connectivity index (χ2n) is 4.88. The average molecular weight is 356 g/mol. The van der Waals surface area contributed by atoms with E-state index in [0.29, 0.717) is 30.4 Å². The summed E-state index contributed by atoms with van der Waals surface area (Å²) in [4.78, 5) is 12.3. The fraction of sp³-hybridized carbons (Fsp3) is 0.188. The standard InChI is InChI=1S/C16H12Cl2FNO3/c17-9-3-1-4-11(19)15(9)16(21)20-12-8-14-13(7-10(12)18)22-5-2-6-23-14/h1,3-4,7-8H,2,5-6H2,(H,20,21). The van der Waals surface area contributed by atoms with Crippen molar-refractivity contribution in [2.75, 3.05) is 18.5 Å². The molecule has 0 radical (unpaired) electrons. The Bertz CT molecular complexity index is 747. The lowest BCUT2D eigenvalue weighted by molar-refractivity contribution is 0.102. The van der Waals surface area contributed by atoms with Crippen LogP contribution in [0.5, 0.6) is 11.5 Å². The zero-order chi connectivity index (χ0) is 16.4. The summed E-state index contributed by atoms with van der Waals surface area (Å²) in [6.07, 6.45) is 0.749. The summed E-state index contributed by atoms with van der Waals surface area (Å²) in [6, 6.07) is 7.14. The molecule has 1 aliphatic heterocycles. The highest BCUT2D eigenvalue weighted by Crippen LogP contribution is 2.38. The maximum absolute atomic E-state index is 13.8. The molecule has 0 aliphatic carbocycles. The van der Waals surface area contributed by atoms with Crippen molar-refractivity contribution in [3.63, 3.8) is 0 Å². The third kappa shape index (κ3) is 3.35. The quantitative estimate of drug-likeness (QED) is 0.859. The lowest BCUT2D eigenvalue weighted by Gasteiger charge is -2.13. The highest BCUT2D eigenvalue weighted by Gasteiger charge is 2.19. The van der Waals surface area contributed by atoms with Crippen molar-refractivity contribution >= 4 is 34.8 Å². The Morgan fingerprint density at radius 2 is 1.78 bits per heavy atom. The summed E-state index contributed by atoms with van der Waals surface area (Å²) in [7, 11) is 0. The summed E-state index contributed by atoms with van der Waals surface area (Å²) in [5.74, 6) is -0.416. The minimum Gasteiger partial charge on any atom is -0.490 e. The number of nitrogens with one attached hydrogen (secondary N) is 1. The molecule has 0 spiro atoms. The van der Waals surface area contributed by atoms with Crippen molar-refractivity contribution in [1.82, 2.24) is 0 Å². The minimum atomic E-state index is -0.708. The lowest BCUT2D eigenvalue weighted by Crippen LogP contribution is -2.15. The van der Waals surface area contributed by atoms with E-state index in [0.717, 1.165) is 12.5 Å². The second-order valence-corrected chi connectivity index (χ2v) is 5.69.